The lowest BCUT2D eigenvalue weighted by Crippen LogP contribution is -2.30. The normalized spacial score (nSPS) is 10.3. The molecular weight excluding hydrogens is 274 g/mol. The van der Waals surface area contributed by atoms with Gasteiger partial charge in [-0.05, 0) is 12.1 Å². The number of carboxylic acids is 1. The van der Waals surface area contributed by atoms with Crippen LogP contribution in [0.2, 0.25) is 0 Å². The first-order valence-corrected chi connectivity index (χ1v) is 6.38. The molecule has 0 aliphatic carbocycles. The number of aryl methyl sites for hydroxylation is 1. The van der Waals surface area contributed by atoms with E-state index in [9.17, 15) is 9.59 Å². The third kappa shape index (κ3) is 4.37. The number of amides is 1. The zero-order chi connectivity index (χ0) is 15.2. The van der Waals surface area contributed by atoms with Gasteiger partial charge in [0.05, 0.1) is 6.42 Å². The summed E-state index contributed by atoms with van der Waals surface area (Å²) in [6, 6.07) is 7.64. The molecule has 0 fully saturated rings. The standard InChI is InChI=1S/C13H15N5O3/c1-9-2-4-10(5-3-9)13-15-17-18(16-13)8-11(19)14-7-6-12(20)21/h2-5H,6-8H2,1H3,(H,14,19)(H,20,21). The van der Waals surface area contributed by atoms with Gasteiger partial charge in [-0.3, -0.25) is 9.59 Å². The average molecular weight is 289 g/mol. The number of carbonyl (C=O) groups is 2. The van der Waals surface area contributed by atoms with Crippen LogP contribution in [0, 0.1) is 6.92 Å². The number of nitrogens with zero attached hydrogens (tertiary/aromatic N) is 4. The van der Waals surface area contributed by atoms with Crippen LogP contribution in [0.3, 0.4) is 0 Å². The second kappa shape index (κ2) is 6.60. The first-order chi connectivity index (χ1) is 10.0. The van der Waals surface area contributed by atoms with Crippen molar-refractivity contribution < 1.29 is 14.7 Å². The summed E-state index contributed by atoms with van der Waals surface area (Å²) in [6.45, 7) is 1.96. The van der Waals surface area contributed by atoms with E-state index >= 15 is 0 Å². The van der Waals surface area contributed by atoms with Gasteiger partial charge in [0.25, 0.3) is 0 Å². The number of hydrogen-bond donors (Lipinski definition) is 2. The van der Waals surface area contributed by atoms with Crippen molar-refractivity contribution in [3.8, 4) is 11.4 Å². The molecule has 1 heterocycles. The molecule has 8 nitrogen and oxygen atoms in total. The second-order valence-electron chi connectivity index (χ2n) is 4.50. The average Bonchev–Trinajstić information content (AvgIpc) is 2.87. The third-order valence-electron chi connectivity index (χ3n) is 2.71. The fourth-order valence-electron chi connectivity index (χ4n) is 1.62. The van der Waals surface area contributed by atoms with Gasteiger partial charge < -0.3 is 10.4 Å². The molecule has 2 rings (SSSR count). The Morgan fingerprint density at radius 2 is 2.00 bits per heavy atom. The fourth-order valence-corrected chi connectivity index (χ4v) is 1.62. The number of carbonyl (C=O) groups excluding carboxylic acids is 1. The van der Waals surface area contributed by atoms with Gasteiger partial charge in [-0.2, -0.15) is 4.80 Å². The monoisotopic (exact) mass is 289 g/mol. The summed E-state index contributed by atoms with van der Waals surface area (Å²) in [6.07, 6.45) is -0.120. The molecule has 0 spiro atoms. The Balaban J connectivity index is 1.92. The number of aromatic nitrogens is 4. The van der Waals surface area contributed by atoms with Crippen molar-refractivity contribution in [2.45, 2.75) is 19.9 Å². The van der Waals surface area contributed by atoms with Crippen molar-refractivity contribution in [1.82, 2.24) is 25.5 Å². The Kier molecular flexibility index (Phi) is 4.60. The van der Waals surface area contributed by atoms with E-state index in [0.29, 0.717) is 5.82 Å². The van der Waals surface area contributed by atoms with Crippen LogP contribution < -0.4 is 5.32 Å². The van der Waals surface area contributed by atoms with Crippen LogP contribution in [0.25, 0.3) is 11.4 Å². The molecule has 8 heteroatoms. The first-order valence-electron chi connectivity index (χ1n) is 6.38. The lowest BCUT2D eigenvalue weighted by atomic mass is 10.1. The lowest BCUT2D eigenvalue weighted by molar-refractivity contribution is -0.136. The van der Waals surface area contributed by atoms with Crippen molar-refractivity contribution in [1.29, 1.82) is 0 Å². The highest BCUT2D eigenvalue weighted by Crippen LogP contribution is 2.13. The molecule has 0 aliphatic rings. The summed E-state index contributed by atoms with van der Waals surface area (Å²) < 4.78 is 0. The van der Waals surface area contributed by atoms with E-state index in [-0.39, 0.29) is 25.4 Å². The molecule has 110 valence electrons. The largest absolute Gasteiger partial charge is 0.481 e. The van der Waals surface area contributed by atoms with Crippen LogP contribution in [0.15, 0.2) is 24.3 Å². The Morgan fingerprint density at radius 3 is 2.67 bits per heavy atom. The molecule has 0 saturated carbocycles. The minimum Gasteiger partial charge on any atom is -0.481 e. The highest BCUT2D eigenvalue weighted by Gasteiger charge is 2.09. The summed E-state index contributed by atoms with van der Waals surface area (Å²) in [5.74, 6) is -0.881. The van der Waals surface area contributed by atoms with E-state index in [0.717, 1.165) is 11.1 Å². The second-order valence-corrected chi connectivity index (χ2v) is 4.50. The van der Waals surface area contributed by atoms with Gasteiger partial charge in [-0.25, -0.2) is 0 Å². The van der Waals surface area contributed by atoms with Crippen molar-refractivity contribution >= 4 is 11.9 Å². The molecule has 0 atom stereocenters. The van der Waals surface area contributed by atoms with E-state index in [1.54, 1.807) is 0 Å². The van der Waals surface area contributed by atoms with E-state index in [1.165, 1.54) is 4.80 Å². The first kappa shape index (κ1) is 14.6. The van der Waals surface area contributed by atoms with E-state index in [1.807, 2.05) is 31.2 Å². The van der Waals surface area contributed by atoms with Crippen molar-refractivity contribution in [2.75, 3.05) is 6.54 Å². The smallest absolute Gasteiger partial charge is 0.305 e. The molecule has 2 N–H and O–H groups in total. The van der Waals surface area contributed by atoms with E-state index in [4.69, 9.17) is 5.11 Å². The lowest BCUT2D eigenvalue weighted by Gasteiger charge is -2.01. The van der Waals surface area contributed by atoms with Gasteiger partial charge in [0.15, 0.2) is 0 Å². The van der Waals surface area contributed by atoms with E-state index < -0.39 is 5.97 Å². The van der Waals surface area contributed by atoms with Gasteiger partial charge in [-0.15, -0.1) is 10.2 Å². The van der Waals surface area contributed by atoms with Crippen LogP contribution in [-0.2, 0) is 16.1 Å². The molecule has 1 aromatic carbocycles. The van der Waals surface area contributed by atoms with Gasteiger partial charge in [0.1, 0.15) is 6.54 Å². The van der Waals surface area contributed by atoms with Gasteiger partial charge >= 0.3 is 5.97 Å². The Hall–Kier alpha value is -2.77. The minimum atomic E-state index is -0.962. The number of aliphatic carboxylic acids is 1. The number of benzene rings is 1. The van der Waals surface area contributed by atoms with Crippen LogP contribution >= 0.6 is 0 Å². The van der Waals surface area contributed by atoms with Crippen LogP contribution in [0.5, 0.6) is 0 Å². The van der Waals surface area contributed by atoms with Crippen LogP contribution in [0.1, 0.15) is 12.0 Å². The van der Waals surface area contributed by atoms with Gasteiger partial charge in [-0.1, -0.05) is 29.8 Å². The Morgan fingerprint density at radius 1 is 1.29 bits per heavy atom. The zero-order valence-electron chi connectivity index (χ0n) is 11.5. The zero-order valence-corrected chi connectivity index (χ0v) is 11.5. The highest BCUT2D eigenvalue weighted by molar-refractivity contribution is 5.76. The maximum atomic E-state index is 11.6. The minimum absolute atomic E-state index is 0.0771. The highest BCUT2D eigenvalue weighted by atomic mass is 16.4. The summed E-state index contributed by atoms with van der Waals surface area (Å²) >= 11 is 0. The Bertz CT molecular complexity index is 636. The number of hydrogen-bond acceptors (Lipinski definition) is 5. The quantitative estimate of drug-likeness (QED) is 0.788. The number of tetrazole rings is 1. The van der Waals surface area contributed by atoms with Crippen molar-refractivity contribution in [2.24, 2.45) is 0 Å². The molecule has 1 amide bonds. The third-order valence-corrected chi connectivity index (χ3v) is 2.71. The molecule has 2 aromatic rings. The van der Waals surface area contributed by atoms with Crippen LogP contribution in [-0.4, -0.2) is 43.7 Å². The molecule has 0 bridgehead atoms. The molecule has 1 aromatic heterocycles. The maximum Gasteiger partial charge on any atom is 0.305 e. The number of rotatable bonds is 6. The van der Waals surface area contributed by atoms with Crippen molar-refractivity contribution in [3.05, 3.63) is 29.8 Å². The van der Waals surface area contributed by atoms with Gasteiger partial charge in [0, 0.05) is 12.1 Å². The SMILES string of the molecule is Cc1ccc(-c2nnn(CC(=O)NCCC(=O)O)n2)cc1. The summed E-state index contributed by atoms with van der Waals surface area (Å²) in [5.41, 5.74) is 1.95. The summed E-state index contributed by atoms with van der Waals surface area (Å²) in [5, 5.41) is 22.7. The summed E-state index contributed by atoms with van der Waals surface area (Å²) in [7, 11) is 0. The number of nitrogens with one attached hydrogen (secondary N) is 1. The molecule has 0 saturated heterocycles. The molecule has 0 unspecified atom stereocenters. The molecule has 0 aliphatic heterocycles. The maximum absolute atomic E-state index is 11.6. The van der Waals surface area contributed by atoms with Gasteiger partial charge in [0.2, 0.25) is 11.7 Å². The molecule has 0 radical (unpaired) electrons. The fraction of sp³-hybridized carbons (Fsp3) is 0.308. The molecular formula is C13H15N5O3. The summed E-state index contributed by atoms with van der Waals surface area (Å²) in [4.78, 5) is 23.1. The predicted octanol–water partition coefficient (Wildman–Crippen LogP) is 0.239. The van der Waals surface area contributed by atoms with E-state index in [2.05, 4.69) is 20.7 Å². The predicted molar refractivity (Wildman–Crippen MR) is 73.3 cm³/mol. The van der Waals surface area contributed by atoms with Crippen molar-refractivity contribution in [3.63, 3.8) is 0 Å². The van der Waals surface area contributed by atoms with Crippen LogP contribution in [0.4, 0.5) is 0 Å². The number of carboxylic acid groups (broad SMARTS) is 1. The Labute approximate surface area is 120 Å². The topological polar surface area (TPSA) is 110 Å². The molecule has 21 heavy (non-hydrogen) atoms.